The highest BCUT2D eigenvalue weighted by atomic mass is 19.1. The van der Waals surface area contributed by atoms with Crippen molar-refractivity contribution in [3.63, 3.8) is 0 Å². The molecule has 0 aliphatic rings. The molecule has 1 aromatic heterocycles. The molecular formula is C13H14FN3O. The molecule has 4 nitrogen and oxygen atoms in total. The minimum absolute atomic E-state index is 0.437. The summed E-state index contributed by atoms with van der Waals surface area (Å²) in [5.41, 5.74) is 1.99. The maximum Gasteiger partial charge on any atom is 0.218 e. The number of methoxy groups -OCH3 is 1. The molecule has 0 atom stereocenters. The first-order valence-corrected chi connectivity index (χ1v) is 5.61. The van der Waals surface area contributed by atoms with Crippen molar-refractivity contribution >= 4 is 11.5 Å². The van der Waals surface area contributed by atoms with Crippen molar-refractivity contribution in [2.45, 2.75) is 6.42 Å². The first-order chi connectivity index (χ1) is 8.79. The Morgan fingerprint density at radius 1 is 1.28 bits per heavy atom. The Labute approximate surface area is 105 Å². The van der Waals surface area contributed by atoms with Crippen LogP contribution in [0.25, 0.3) is 0 Å². The van der Waals surface area contributed by atoms with Crippen molar-refractivity contribution in [2.75, 3.05) is 19.0 Å². The molecule has 0 radical (unpaired) electrons. The van der Waals surface area contributed by atoms with Crippen LogP contribution in [0.2, 0.25) is 0 Å². The van der Waals surface area contributed by atoms with E-state index in [0.29, 0.717) is 12.4 Å². The molecule has 94 valence electrons. The molecule has 2 aromatic rings. The second kappa shape index (κ2) is 6.07. The van der Waals surface area contributed by atoms with Gasteiger partial charge in [0.25, 0.3) is 0 Å². The number of nitrogens with one attached hydrogen (secondary N) is 1. The number of rotatable bonds is 5. The molecule has 0 aliphatic heterocycles. The van der Waals surface area contributed by atoms with E-state index in [9.17, 15) is 4.39 Å². The topological polar surface area (TPSA) is 47.0 Å². The van der Waals surface area contributed by atoms with E-state index >= 15 is 0 Å². The van der Waals surface area contributed by atoms with Crippen molar-refractivity contribution in [3.8, 4) is 0 Å². The third-order valence-electron chi connectivity index (χ3n) is 2.49. The molecular weight excluding hydrogens is 233 g/mol. The van der Waals surface area contributed by atoms with Gasteiger partial charge in [-0.25, -0.2) is 9.97 Å². The standard InChI is InChI=1S/C13H14FN3O/c1-18-7-6-10-4-2-3-5-11(10)17-13-8-12(14)15-9-16-13/h2-5,8-9H,6-7H2,1H3,(H,15,16,17). The van der Waals surface area contributed by atoms with Gasteiger partial charge in [0.15, 0.2) is 0 Å². The predicted molar refractivity (Wildman–Crippen MR) is 67.3 cm³/mol. The van der Waals surface area contributed by atoms with Gasteiger partial charge in [-0.3, -0.25) is 0 Å². The van der Waals surface area contributed by atoms with Crippen LogP contribution >= 0.6 is 0 Å². The maximum absolute atomic E-state index is 13.0. The number of para-hydroxylation sites is 1. The lowest BCUT2D eigenvalue weighted by Crippen LogP contribution is -2.01. The van der Waals surface area contributed by atoms with Crippen LogP contribution in [-0.4, -0.2) is 23.7 Å². The van der Waals surface area contributed by atoms with Gasteiger partial charge in [0.1, 0.15) is 12.1 Å². The number of anilines is 2. The molecule has 0 spiro atoms. The van der Waals surface area contributed by atoms with E-state index in [0.717, 1.165) is 17.7 Å². The Morgan fingerprint density at radius 3 is 2.89 bits per heavy atom. The molecule has 0 aliphatic carbocycles. The first kappa shape index (κ1) is 12.4. The molecule has 0 saturated carbocycles. The summed E-state index contributed by atoms with van der Waals surface area (Å²) in [6.07, 6.45) is 1.97. The van der Waals surface area contributed by atoms with Crippen LogP contribution in [0.3, 0.4) is 0 Å². The van der Waals surface area contributed by atoms with Crippen molar-refractivity contribution < 1.29 is 9.13 Å². The quantitative estimate of drug-likeness (QED) is 0.825. The van der Waals surface area contributed by atoms with Gasteiger partial charge in [0.05, 0.1) is 6.61 Å². The van der Waals surface area contributed by atoms with E-state index in [1.165, 1.54) is 12.4 Å². The molecule has 0 bridgehead atoms. The predicted octanol–water partition coefficient (Wildman–Crippen LogP) is 2.55. The Balaban J connectivity index is 2.17. The Morgan fingerprint density at radius 2 is 2.11 bits per heavy atom. The van der Waals surface area contributed by atoms with Crippen molar-refractivity contribution in [1.82, 2.24) is 9.97 Å². The van der Waals surface area contributed by atoms with Gasteiger partial charge in [0, 0.05) is 18.9 Å². The number of ether oxygens (including phenoxy) is 1. The summed E-state index contributed by atoms with van der Waals surface area (Å²) in [4.78, 5) is 7.38. The average molecular weight is 247 g/mol. The summed E-state index contributed by atoms with van der Waals surface area (Å²) < 4.78 is 18.0. The fourth-order valence-electron chi connectivity index (χ4n) is 1.61. The van der Waals surface area contributed by atoms with E-state index in [-0.39, 0.29) is 0 Å². The number of hydrogen-bond acceptors (Lipinski definition) is 4. The second-order valence-electron chi connectivity index (χ2n) is 3.75. The Kier molecular flexibility index (Phi) is 4.20. The lowest BCUT2D eigenvalue weighted by Gasteiger charge is -2.10. The number of halogens is 1. The van der Waals surface area contributed by atoms with E-state index in [1.807, 2.05) is 24.3 Å². The monoisotopic (exact) mass is 247 g/mol. The molecule has 0 saturated heterocycles. The molecule has 0 amide bonds. The van der Waals surface area contributed by atoms with Gasteiger partial charge in [-0.05, 0) is 18.1 Å². The summed E-state index contributed by atoms with van der Waals surface area (Å²) >= 11 is 0. The van der Waals surface area contributed by atoms with Crippen molar-refractivity contribution in [3.05, 3.63) is 48.2 Å². The van der Waals surface area contributed by atoms with Gasteiger partial charge in [-0.1, -0.05) is 18.2 Å². The number of aromatic nitrogens is 2. The second-order valence-corrected chi connectivity index (χ2v) is 3.75. The molecule has 0 unspecified atom stereocenters. The average Bonchev–Trinajstić information content (AvgIpc) is 2.38. The normalized spacial score (nSPS) is 10.3. The van der Waals surface area contributed by atoms with E-state index in [4.69, 9.17) is 4.74 Å². The van der Waals surface area contributed by atoms with Crippen LogP contribution in [0, 0.1) is 5.95 Å². The fourth-order valence-corrected chi connectivity index (χ4v) is 1.61. The zero-order valence-electron chi connectivity index (χ0n) is 10.1. The number of nitrogens with zero attached hydrogens (tertiary/aromatic N) is 2. The van der Waals surface area contributed by atoms with E-state index in [1.54, 1.807) is 7.11 Å². The lowest BCUT2D eigenvalue weighted by atomic mass is 10.1. The third kappa shape index (κ3) is 3.24. The SMILES string of the molecule is COCCc1ccccc1Nc1cc(F)ncn1. The highest BCUT2D eigenvalue weighted by Crippen LogP contribution is 2.19. The molecule has 1 heterocycles. The summed E-state index contributed by atoms with van der Waals surface area (Å²) in [5, 5.41) is 3.08. The zero-order chi connectivity index (χ0) is 12.8. The van der Waals surface area contributed by atoms with Crippen molar-refractivity contribution in [1.29, 1.82) is 0 Å². The Bertz CT molecular complexity index is 519. The van der Waals surface area contributed by atoms with Crippen LogP contribution < -0.4 is 5.32 Å². The molecule has 1 N–H and O–H groups in total. The van der Waals surface area contributed by atoms with Gasteiger partial charge in [-0.2, -0.15) is 4.39 Å². The minimum Gasteiger partial charge on any atom is -0.384 e. The highest BCUT2D eigenvalue weighted by Gasteiger charge is 2.03. The van der Waals surface area contributed by atoms with Crippen molar-refractivity contribution in [2.24, 2.45) is 0 Å². The minimum atomic E-state index is -0.554. The zero-order valence-corrected chi connectivity index (χ0v) is 10.1. The van der Waals surface area contributed by atoms with E-state index in [2.05, 4.69) is 15.3 Å². The molecule has 0 fully saturated rings. The largest absolute Gasteiger partial charge is 0.384 e. The molecule has 1 aromatic carbocycles. The summed E-state index contributed by atoms with van der Waals surface area (Å²) in [5.74, 6) is -0.116. The number of hydrogen-bond donors (Lipinski definition) is 1. The number of benzene rings is 1. The van der Waals surface area contributed by atoms with Gasteiger partial charge in [-0.15, -0.1) is 0 Å². The molecule has 5 heteroatoms. The highest BCUT2D eigenvalue weighted by molar-refractivity contribution is 5.60. The van der Waals surface area contributed by atoms with Crippen LogP contribution in [0.4, 0.5) is 15.9 Å². The summed E-state index contributed by atoms with van der Waals surface area (Å²) in [7, 11) is 1.66. The van der Waals surface area contributed by atoms with E-state index < -0.39 is 5.95 Å². The summed E-state index contributed by atoms with van der Waals surface area (Å²) in [6, 6.07) is 9.05. The maximum atomic E-state index is 13.0. The van der Waals surface area contributed by atoms with Gasteiger partial charge in [0.2, 0.25) is 5.95 Å². The van der Waals surface area contributed by atoms with Gasteiger partial charge < -0.3 is 10.1 Å². The molecule has 18 heavy (non-hydrogen) atoms. The van der Waals surface area contributed by atoms with Crippen LogP contribution in [-0.2, 0) is 11.2 Å². The third-order valence-corrected chi connectivity index (χ3v) is 2.49. The van der Waals surface area contributed by atoms with Crippen LogP contribution in [0.15, 0.2) is 36.7 Å². The smallest absolute Gasteiger partial charge is 0.218 e. The summed E-state index contributed by atoms with van der Waals surface area (Å²) in [6.45, 7) is 0.636. The van der Waals surface area contributed by atoms with Crippen LogP contribution in [0.1, 0.15) is 5.56 Å². The lowest BCUT2D eigenvalue weighted by molar-refractivity contribution is 0.202. The van der Waals surface area contributed by atoms with Crippen LogP contribution in [0.5, 0.6) is 0 Å². The molecule has 2 rings (SSSR count). The first-order valence-electron chi connectivity index (χ1n) is 5.61. The fraction of sp³-hybridized carbons (Fsp3) is 0.231. The van der Waals surface area contributed by atoms with Gasteiger partial charge >= 0.3 is 0 Å². The Hall–Kier alpha value is -2.01.